The van der Waals surface area contributed by atoms with Gasteiger partial charge in [0.25, 0.3) is 0 Å². The van der Waals surface area contributed by atoms with Crippen LogP contribution in [0.25, 0.3) is 0 Å². The Morgan fingerprint density at radius 1 is 1.65 bits per heavy atom. The summed E-state index contributed by atoms with van der Waals surface area (Å²) in [4.78, 5) is 12.1. The van der Waals surface area contributed by atoms with Crippen LogP contribution in [0.5, 0.6) is 0 Å². The summed E-state index contributed by atoms with van der Waals surface area (Å²) in [6.45, 7) is 2.87. The topological polar surface area (TPSA) is 88.1 Å². The van der Waals surface area contributed by atoms with Gasteiger partial charge in [0.2, 0.25) is 0 Å². The van der Waals surface area contributed by atoms with Crippen LogP contribution in [0.2, 0.25) is 0 Å². The van der Waals surface area contributed by atoms with Crippen LogP contribution >= 0.6 is 11.3 Å². The SMILES string of the molecule is CCC(=O)c1sc(NCCOC)c(C#N)c1N. The van der Waals surface area contributed by atoms with Crippen LogP contribution < -0.4 is 11.1 Å². The summed E-state index contributed by atoms with van der Waals surface area (Å²) in [5.41, 5.74) is 6.42. The van der Waals surface area contributed by atoms with Gasteiger partial charge in [0.1, 0.15) is 16.6 Å². The predicted octanol–water partition coefficient (Wildman–Crippen LogP) is 1.85. The average molecular weight is 253 g/mol. The van der Waals surface area contributed by atoms with Crippen molar-refractivity contribution in [3.05, 3.63) is 10.4 Å². The molecule has 6 heteroatoms. The largest absolute Gasteiger partial charge is 0.396 e. The lowest BCUT2D eigenvalue weighted by Crippen LogP contribution is -2.07. The first-order chi connectivity index (χ1) is 8.15. The van der Waals surface area contributed by atoms with Gasteiger partial charge in [-0.2, -0.15) is 5.26 Å². The summed E-state index contributed by atoms with van der Waals surface area (Å²) >= 11 is 1.23. The number of carbonyl (C=O) groups is 1. The molecule has 0 aliphatic heterocycles. The molecule has 5 nitrogen and oxygen atoms in total. The van der Waals surface area contributed by atoms with Gasteiger partial charge in [-0.1, -0.05) is 6.92 Å². The standard InChI is InChI=1S/C11H15N3O2S/c1-3-8(15)10-9(13)7(6-12)11(17-10)14-4-5-16-2/h14H,3-5,13H2,1-2H3. The molecular formula is C11H15N3O2S. The van der Waals surface area contributed by atoms with Crippen molar-refractivity contribution in [2.24, 2.45) is 0 Å². The number of hydrogen-bond donors (Lipinski definition) is 2. The normalized spacial score (nSPS) is 9.94. The van der Waals surface area contributed by atoms with Crippen LogP contribution in [0.15, 0.2) is 0 Å². The number of ether oxygens (including phenoxy) is 1. The Morgan fingerprint density at radius 2 is 2.35 bits per heavy atom. The Morgan fingerprint density at radius 3 is 2.88 bits per heavy atom. The molecule has 1 aromatic heterocycles. The summed E-state index contributed by atoms with van der Waals surface area (Å²) in [6, 6.07) is 2.02. The molecule has 1 rings (SSSR count). The molecule has 1 heterocycles. The zero-order valence-corrected chi connectivity index (χ0v) is 10.7. The fourth-order valence-corrected chi connectivity index (χ4v) is 2.42. The van der Waals surface area contributed by atoms with Gasteiger partial charge in [-0.3, -0.25) is 4.79 Å². The number of nitrogen functional groups attached to an aromatic ring is 1. The lowest BCUT2D eigenvalue weighted by atomic mass is 10.2. The highest BCUT2D eigenvalue weighted by molar-refractivity contribution is 7.19. The van der Waals surface area contributed by atoms with Crippen molar-refractivity contribution in [2.75, 3.05) is 31.3 Å². The number of anilines is 2. The van der Waals surface area contributed by atoms with Crippen molar-refractivity contribution in [1.29, 1.82) is 5.26 Å². The number of carbonyl (C=O) groups excluding carboxylic acids is 1. The monoisotopic (exact) mass is 253 g/mol. The van der Waals surface area contributed by atoms with Crippen LogP contribution in [0.3, 0.4) is 0 Å². The average Bonchev–Trinajstić information content (AvgIpc) is 2.65. The van der Waals surface area contributed by atoms with Crippen molar-refractivity contribution in [3.63, 3.8) is 0 Å². The number of thiophene rings is 1. The van der Waals surface area contributed by atoms with Gasteiger partial charge >= 0.3 is 0 Å². The fourth-order valence-electron chi connectivity index (χ4n) is 1.31. The third-order valence-electron chi connectivity index (χ3n) is 2.22. The zero-order chi connectivity index (χ0) is 12.8. The number of hydrogen-bond acceptors (Lipinski definition) is 6. The quantitative estimate of drug-likeness (QED) is 0.596. The van der Waals surface area contributed by atoms with Crippen LogP contribution in [0, 0.1) is 11.3 Å². The molecule has 0 aliphatic rings. The molecule has 17 heavy (non-hydrogen) atoms. The van der Waals surface area contributed by atoms with E-state index in [-0.39, 0.29) is 11.5 Å². The Hall–Kier alpha value is -1.58. The van der Waals surface area contributed by atoms with Crippen molar-refractivity contribution in [3.8, 4) is 6.07 Å². The molecular weight excluding hydrogens is 238 g/mol. The van der Waals surface area contributed by atoms with E-state index >= 15 is 0 Å². The number of methoxy groups -OCH3 is 1. The van der Waals surface area contributed by atoms with Gasteiger partial charge in [0.05, 0.1) is 17.2 Å². The number of nitrogens with zero attached hydrogens (tertiary/aromatic N) is 1. The van der Waals surface area contributed by atoms with Crippen molar-refractivity contribution < 1.29 is 9.53 Å². The summed E-state index contributed by atoms with van der Waals surface area (Å²) in [6.07, 6.45) is 0.382. The molecule has 0 spiro atoms. The number of nitrogens with two attached hydrogens (primary N) is 1. The summed E-state index contributed by atoms with van der Waals surface area (Å²) in [5.74, 6) is -0.0382. The zero-order valence-electron chi connectivity index (χ0n) is 9.87. The van der Waals surface area contributed by atoms with E-state index in [9.17, 15) is 4.79 Å². The van der Waals surface area contributed by atoms with E-state index in [2.05, 4.69) is 5.32 Å². The van der Waals surface area contributed by atoms with Crippen molar-refractivity contribution >= 4 is 27.8 Å². The predicted molar refractivity (Wildman–Crippen MR) is 68.4 cm³/mol. The minimum Gasteiger partial charge on any atom is -0.396 e. The van der Waals surface area contributed by atoms with Crippen LogP contribution in [0.4, 0.5) is 10.7 Å². The van der Waals surface area contributed by atoms with E-state index in [4.69, 9.17) is 15.7 Å². The molecule has 0 atom stereocenters. The maximum atomic E-state index is 11.6. The molecule has 0 aromatic carbocycles. The van der Waals surface area contributed by atoms with E-state index in [0.29, 0.717) is 35.0 Å². The highest BCUT2D eigenvalue weighted by Crippen LogP contribution is 2.35. The van der Waals surface area contributed by atoms with E-state index in [1.165, 1.54) is 11.3 Å². The number of rotatable bonds is 6. The molecule has 0 bridgehead atoms. The molecule has 0 saturated carbocycles. The number of ketones is 1. The van der Waals surface area contributed by atoms with Gasteiger partial charge in [0, 0.05) is 20.1 Å². The third kappa shape index (κ3) is 2.96. The first-order valence-electron chi connectivity index (χ1n) is 5.24. The van der Waals surface area contributed by atoms with Gasteiger partial charge in [-0.05, 0) is 0 Å². The Labute approximate surface area is 104 Å². The summed E-state index contributed by atoms with van der Waals surface area (Å²) < 4.78 is 4.90. The molecule has 1 aromatic rings. The highest BCUT2D eigenvalue weighted by atomic mass is 32.1. The lowest BCUT2D eigenvalue weighted by molar-refractivity contribution is 0.0993. The fraction of sp³-hybridized carbons (Fsp3) is 0.455. The number of Topliss-reactive ketones (excluding diaryl/α,β-unsaturated/α-hetero) is 1. The summed E-state index contributed by atoms with van der Waals surface area (Å²) in [5, 5.41) is 12.7. The Bertz CT molecular complexity index is 448. The minimum atomic E-state index is -0.0382. The molecule has 0 saturated heterocycles. The first kappa shape index (κ1) is 13.5. The second-order valence-corrected chi connectivity index (χ2v) is 4.38. The number of nitrogens with one attached hydrogen (secondary N) is 1. The number of nitriles is 1. The lowest BCUT2D eigenvalue weighted by Gasteiger charge is -2.02. The minimum absolute atomic E-state index is 0.0382. The maximum absolute atomic E-state index is 11.6. The van der Waals surface area contributed by atoms with E-state index in [0.717, 1.165) is 0 Å². The van der Waals surface area contributed by atoms with Crippen molar-refractivity contribution in [2.45, 2.75) is 13.3 Å². The molecule has 0 fully saturated rings. The molecule has 3 N–H and O–H groups in total. The van der Waals surface area contributed by atoms with E-state index < -0.39 is 0 Å². The summed E-state index contributed by atoms with van der Waals surface area (Å²) in [7, 11) is 1.60. The Balaban J connectivity index is 2.98. The second kappa shape index (κ2) is 6.23. The van der Waals surface area contributed by atoms with Crippen LogP contribution in [-0.4, -0.2) is 26.0 Å². The van der Waals surface area contributed by atoms with Gasteiger partial charge < -0.3 is 15.8 Å². The maximum Gasteiger partial charge on any atom is 0.174 e. The smallest absolute Gasteiger partial charge is 0.174 e. The second-order valence-electron chi connectivity index (χ2n) is 3.36. The highest BCUT2D eigenvalue weighted by Gasteiger charge is 2.19. The molecule has 0 amide bonds. The van der Waals surface area contributed by atoms with Crippen LogP contribution in [0.1, 0.15) is 28.6 Å². The van der Waals surface area contributed by atoms with Gasteiger partial charge in [-0.15, -0.1) is 11.3 Å². The first-order valence-corrected chi connectivity index (χ1v) is 6.05. The molecule has 92 valence electrons. The molecule has 0 aliphatic carbocycles. The van der Waals surface area contributed by atoms with Gasteiger partial charge in [0.15, 0.2) is 5.78 Å². The molecule has 0 unspecified atom stereocenters. The molecule has 0 radical (unpaired) electrons. The van der Waals surface area contributed by atoms with Gasteiger partial charge in [-0.25, -0.2) is 0 Å². The van der Waals surface area contributed by atoms with Crippen LogP contribution in [-0.2, 0) is 4.74 Å². The van der Waals surface area contributed by atoms with E-state index in [1.54, 1.807) is 14.0 Å². The third-order valence-corrected chi connectivity index (χ3v) is 3.43. The Kier molecular flexibility index (Phi) is 4.94. The van der Waals surface area contributed by atoms with Crippen molar-refractivity contribution in [1.82, 2.24) is 0 Å². The van der Waals surface area contributed by atoms with E-state index in [1.807, 2.05) is 6.07 Å².